The number of benzene rings is 2. The van der Waals surface area contributed by atoms with Gasteiger partial charge < -0.3 is 9.88 Å². The van der Waals surface area contributed by atoms with Crippen molar-refractivity contribution < 1.29 is 18.0 Å². The van der Waals surface area contributed by atoms with Crippen molar-refractivity contribution in [3.8, 4) is 0 Å². The van der Waals surface area contributed by atoms with Gasteiger partial charge in [-0.2, -0.15) is 0 Å². The third-order valence-electron chi connectivity index (χ3n) is 3.84. The minimum atomic E-state index is -1.61. The summed E-state index contributed by atoms with van der Waals surface area (Å²) in [5.74, 6) is -4.03. The van der Waals surface area contributed by atoms with E-state index in [2.05, 4.69) is 10.3 Å². The zero-order chi connectivity index (χ0) is 17.4. The molecular formula is C17H14F3N3O. The molecule has 0 unspecified atom stereocenters. The molecule has 24 heavy (non-hydrogen) atoms. The fourth-order valence-electron chi connectivity index (χ4n) is 2.48. The lowest BCUT2D eigenvalue weighted by molar-refractivity contribution is -0.115. The summed E-state index contributed by atoms with van der Waals surface area (Å²) in [7, 11) is 1.89. The molecule has 0 aliphatic rings. The molecule has 0 fully saturated rings. The molecule has 4 nitrogen and oxygen atoms in total. The Morgan fingerprint density at radius 1 is 1.17 bits per heavy atom. The number of rotatable bonds is 3. The van der Waals surface area contributed by atoms with Gasteiger partial charge in [0.2, 0.25) is 5.91 Å². The standard InChI is InChI=1S/C17H14F3N3O/c1-9-21-13-7-10(3-6-14(13)23(9)2)8-15(24)22-12-5-4-11(18)16(19)17(12)20/h3-7H,8H2,1-2H3,(H,22,24). The van der Waals surface area contributed by atoms with Crippen LogP contribution in [0.5, 0.6) is 0 Å². The van der Waals surface area contributed by atoms with Crippen LogP contribution in [0.1, 0.15) is 11.4 Å². The Balaban J connectivity index is 1.79. The largest absolute Gasteiger partial charge is 0.331 e. The Hall–Kier alpha value is -2.83. The van der Waals surface area contributed by atoms with E-state index in [4.69, 9.17) is 0 Å². The van der Waals surface area contributed by atoms with Crippen LogP contribution in [0.2, 0.25) is 0 Å². The van der Waals surface area contributed by atoms with Crippen molar-refractivity contribution in [1.82, 2.24) is 9.55 Å². The highest BCUT2D eigenvalue weighted by Crippen LogP contribution is 2.21. The average Bonchev–Trinajstić information content (AvgIpc) is 2.82. The number of amides is 1. The second kappa shape index (κ2) is 5.99. The first kappa shape index (κ1) is 16.0. The topological polar surface area (TPSA) is 46.9 Å². The summed E-state index contributed by atoms with van der Waals surface area (Å²) >= 11 is 0. The molecule has 0 radical (unpaired) electrons. The number of carbonyl (C=O) groups is 1. The lowest BCUT2D eigenvalue weighted by atomic mass is 10.1. The van der Waals surface area contributed by atoms with Crippen LogP contribution in [0.3, 0.4) is 0 Å². The van der Waals surface area contributed by atoms with Crippen LogP contribution >= 0.6 is 0 Å². The highest BCUT2D eigenvalue weighted by Gasteiger charge is 2.15. The van der Waals surface area contributed by atoms with Gasteiger partial charge in [0.1, 0.15) is 5.82 Å². The third kappa shape index (κ3) is 2.84. The molecule has 0 bridgehead atoms. The summed E-state index contributed by atoms with van der Waals surface area (Å²) < 4.78 is 41.6. The predicted molar refractivity (Wildman–Crippen MR) is 84.1 cm³/mol. The van der Waals surface area contributed by atoms with Crippen LogP contribution in [0.15, 0.2) is 30.3 Å². The number of aryl methyl sites for hydroxylation is 2. The summed E-state index contributed by atoms with van der Waals surface area (Å²) in [6.07, 6.45) is -0.0377. The Kier molecular flexibility index (Phi) is 4.01. The van der Waals surface area contributed by atoms with E-state index >= 15 is 0 Å². The summed E-state index contributed by atoms with van der Waals surface area (Å²) in [5, 5.41) is 2.25. The summed E-state index contributed by atoms with van der Waals surface area (Å²) in [4.78, 5) is 16.4. The van der Waals surface area contributed by atoms with E-state index in [0.717, 1.165) is 29.0 Å². The number of fused-ring (bicyclic) bond motifs is 1. The molecule has 124 valence electrons. The van der Waals surface area contributed by atoms with Crippen molar-refractivity contribution in [2.24, 2.45) is 7.05 Å². The normalized spacial score (nSPS) is 11.0. The van der Waals surface area contributed by atoms with Crippen molar-refractivity contribution in [3.05, 3.63) is 59.2 Å². The number of aromatic nitrogens is 2. The van der Waals surface area contributed by atoms with E-state index in [9.17, 15) is 18.0 Å². The van der Waals surface area contributed by atoms with E-state index < -0.39 is 29.0 Å². The van der Waals surface area contributed by atoms with Crippen LogP contribution in [-0.4, -0.2) is 15.5 Å². The Morgan fingerprint density at radius 3 is 2.67 bits per heavy atom. The van der Waals surface area contributed by atoms with Crippen LogP contribution in [-0.2, 0) is 18.3 Å². The fourth-order valence-corrected chi connectivity index (χ4v) is 2.48. The number of imidazole rings is 1. The smallest absolute Gasteiger partial charge is 0.228 e. The Labute approximate surface area is 135 Å². The van der Waals surface area contributed by atoms with Crippen LogP contribution in [0.4, 0.5) is 18.9 Å². The SMILES string of the molecule is Cc1nc2cc(CC(=O)Nc3ccc(F)c(F)c3F)ccc2n1C. The second-order valence-electron chi connectivity index (χ2n) is 5.49. The molecule has 1 amide bonds. The molecule has 3 aromatic rings. The number of halogens is 3. The highest BCUT2D eigenvalue weighted by molar-refractivity contribution is 5.93. The number of hydrogen-bond donors (Lipinski definition) is 1. The van der Waals surface area contributed by atoms with Gasteiger partial charge in [-0.25, -0.2) is 18.2 Å². The molecule has 1 N–H and O–H groups in total. The molecule has 1 heterocycles. The molecule has 1 aromatic heterocycles. The van der Waals surface area contributed by atoms with Crippen molar-refractivity contribution in [3.63, 3.8) is 0 Å². The van der Waals surface area contributed by atoms with Gasteiger partial charge in [0.05, 0.1) is 23.1 Å². The molecule has 0 saturated carbocycles. The van der Waals surface area contributed by atoms with E-state index in [1.165, 1.54) is 0 Å². The van der Waals surface area contributed by atoms with E-state index in [1.807, 2.05) is 24.6 Å². The van der Waals surface area contributed by atoms with E-state index in [0.29, 0.717) is 5.56 Å². The Morgan fingerprint density at radius 2 is 1.92 bits per heavy atom. The molecule has 0 spiro atoms. The van der Waals surface area contributed by atoms with Crippen LogP contribution in [0, 0.1) is 24.4 Å². The maximum absolute atomic E-state index is 13.6. The average molecular weight is 333 g/mol. The summed E-state index contributed by atoms with van der Waals surface area (Å²) in [6.45, 7) is 1.87. The van der Waals surface area contributed by atoms with Gasteiger partial charge >= 0.3 is 0 Å². The van der Waals surface area contributed by atoms with E-state index in [1.54, 1.807) is 12.1 Å². The number of nitrogens with one attached hydrogen (secondary N) is 1. The summed E-state index contributed by atoms with van der Waals surface area (Å²) in [5.41, 5.74) is 1.97. The number of anilines is 1. The van der Waals surface area contributed by atoms with Gasteiger partial charge in [0.15, 0.2) is 17.5 Å². The van der Waals surface area contributed by atoms with Gasteiger partial charge in [-0.1, -0.05) is 6.07 Å². The number of hydrogen-bond acceptors (Lipinski definition) is 2. The number of carbonyl (C=O) groups excluding carboxylic acids is 1. The van der Waals surface area contributed by atoms with Crippen molar-refractivity contribution in [2.45, 2.75) is 13.3 Å². The van der Waals surface area contributed by atoms with Gasteiger partial charge in [0, 0.05) is 7.05 Å². The van der Waals surface area contributed by atoms with Gasteiger partial charge in [0.25, 0.3) is 0 Å². The minimum Gasteiger partial charge on any atom is -0.331 e. The van der Waals surface area contributed by atoms with Gasteiger partial charge in [-0.05, 0) is 36.8 Å². The lowest BCUT2D eigenvalue weighted by Crippen LogP contribution is -2.16. The minimum absolute atomic E-state index is 0.0377. The molecule has 3 rings (SSSR count). The molecule has 2 aromatic carbocycles. The molecule has 0 atom stereocenters. The first-order valence-corrected chi connectivity index (χ1v) is 7.22. The summed E-state index contributed by atoms with van der Waals surface area (Å²) in [6, 6.07) is 7.12. The lowest BCUT2D eigenvalue weighted by Gasteiger charge is -2.07. The van der Waals surface area contributed by atoms with Crippen molar-refractivity contribution in [1.29, 1.82) is 0 Å². The van der Waals surface area contributed by atoms with Crippen molar-refractivity contribution in [2.75, 3.05) is 5.32 Å². The first-order valence-electron chi connectivity index (χ1n) is 7.22. The molecule has 0 aliphatic heterocycles. The van der Waals surface area contributed by atoms with Gasteiger partial charge in [-0.15, -0.1) is 0 Å². The monoisotopic (exact) mass is 333 g/mol. The third-order valence-corrected chi connectivity index (χ3v) is 3.84. The van der Waals surface area contributed by atoms with E-state index in [-0.39, 0.29) is 6.42 Å². The van der Waals surface area contributed by atoms with Crippen LogP contribution < -0.4 is 5.32 Å². The first-order chi connectivity index (χ1) is 11.4. The second-order valence-corrected chi connectivity index (χ2v) is 5.49. The zero-order valence-corrected chi connectivity index (χ0v) is 13.0. The maximum atomic E-state index is 13.6. The predicted octanol–water partition coefficient (Wildman–Crippen LogP) is 3.48. The maximum Gasteiger partial charge on any atom is 0.228 e. The molecule has 0 saturated heterocycles. The molecule has 7 heteroatoms. The highest BCUT2D eigenvalue weighted by atomic mass is 19.2. The van der Waals surface area contributed by atoms with Crippen LogP contribution in [0.25, 0.3) is 11.0 Å². The molecule has 0 aliphatic carbocycles. The Bertz CT molecular complexity index is 950. The van der Waals surface area contributed by atoms with Crippen molar-refractivity contribution >= 4 is 22.6 Å². The van der Waals surface area contributed by atoms with Gasteiger partial charge in [-0.3, -0.25) is 4.79 Å². The fraction of sp³-hybridized carbons (Fsp3) is 0.176. The number of nitrogens with zero attached hydrogens (tertiary/aromatic N) is 2. The quantitative estimate of drug-likeness (QED) is 0.746. The molecular weight excluding hydrogens is 319 g/mol. The zero-order valence-electron chi connectivity index (χ0n) is 13.0.